The van der Waals surface area contributed by atoms with Crippen molar-refractivity contribution in [2.24, 2.45) is 0 Å². The highest BCUT2D eigenvalue weighted by atomic mass is 19.1. The zero-order valence-corrected chi connectivity index (χ0v) is 13.0. The molecule has 1 amide bonds. The molecule has 2 aromatic carbocycles. The van der Waals surface area contributed by atoms with Gasteiger partial charge in [-0.3, -0.25) is 4.79 Å². The summed E-state index contributed by atoms with van der Waals surface area (Å²) in [5.74, 6) is 0.389. The summed E-state index contributed by atoms with van der Waals surface area (Å²) in [6, 6.07) is 13.1. The average molecular weight is 326 g/mol. The van der Waals surface area contributed by atoms with Crippen LogP contribution in [0.2, 0.25) is 0 Å². The quantitative estimate of drug-likeness (QED) is 0.780. The molecule has 0 unspecified atom stereocenters. The van der Waals surface area contributed by atoms with Gasteiger partial charge < -0.3 is 14.6 Å². The van der Waals surface area contributed by atoms with Crippen LogP contribution in [0.15, 0.2) is 59.3 Å². The maximum Gasteiger partial charge on any atom is 0.257 e. The number of carbonyl (C=O) groups excluding carboxylic acids is 1. The lowest BCUT2D eigenvalue weighted by molar-refractivity contribution is 0.0951. The Kier molecular flexibility index (Phi) is 4.56. The van der Waals surface area contributed by atoms with Gasteiger partial charge in [0.25, 0.3) is 5.91 Å². The number of rotatable bonds is 5. The van der Waals surface area contributed by atoms with Gasteiger partial charge in [-0.2, -0.15) is 0 Å². The normalized spacial score (nSPS) is 10.4. The maximum atomic E-state index is 13.0. The summed E-state index contributed by atoms with van der Waals surface area (Å²) in [5.41, 5.74) is 1.82. The molecule has 0 aliphatic rings. The zero-order chi connectivity index (χ0) is 16.9. The molecule has 122 valence electrons. The highest BCUT2D eigenvalue weighted by Gasteiger charge is 2.17. The van der Waals surface area contributed by atoms with Crippen LogP contribution in [-0.4, -0.2) is 18.2 Å². The van der Waals surface area contributed by atoms with Crippen molar-refractivity contribution in [3.63, 3.8) is 0 Å². The van der Waals surface area contributed by atoms with Gasteiger partial charge in [0.05, 0.1) is 13.3 Å². The Morgan fingerprint density at radius 1 is 1.17 bits per heavy atom. The summed E-state index contributed by atoms with van der Waals surface area (Å²) in [6.07, 6.45) is 1.35. The first-order valence-electron chi connectivity index (χ1n) is 7.29. The van der Waals surface area contributed by atoms with Gasteiger partial charge in [-0.15, -0.1) is 0 Å². The topological polar surface area (TPSA) is 64.4 Å². The molecule has 0 radical (unpaired) electrons. The highest BCUT2D eigenvalue weighted by Crippen LogP contribution is 2.23. The lowest BCUT2D eigenvalue weighted by Gasteiger charge is -2.06. The van der Waals surface area contributed by atoms with E-state index >= 15 is 0 Å². The molecule has 5 nitrogen and oxygen atoms in total. The number of hydrogen-bond acceptors (Lipinski definition) is 4. The fraction of sp³-hybridized carbons (Fsp3) is 0.111. The molecule has 1 N–H and O–H groups in total. The largest absolute Gasteiger partial charge is 0.497 e. The first kappa shape index (κ1) is 15.7. The summed E-state index contributed by atoms with van der Waals surface area (Å²) in [5, 5.41) is 6.48. The second-order valence-corrected chi connectivity index (χ2v) is 5.11. The minimum Gasteiger partial charge on any atom is -0.497 e. The number of hydrogen-bond donors (Lipinski definition) is 1. The molecule has 0 spiro atoms. The molecule has 0 aliphatic heterocycles. The SMILES string of the molecule is COc1ccc(CNC(=O)c2cnoc2-c2ccc(F)cc2)cc1. The van der Waals surface area contributed by atoms with Gasteiger partial charge in [0.15, 0.2) is 5.76 Å². The van der Waals surface area contributed by atoms with Crippen molar-refractivity contribution < 1.29 is 18.4 Å². The number of amides is 1. The smallest absolute Gasteiger partial charge is 0.257 e. The molecule has 24 heavy (non-hydrogen) atoms. The van der Waals surface area contributed by atoms with E-state index in [9.17, 15) is 9.18 Å². The minimum atomic E-state index is -0.358. The molecule has 0 aliphatic carbocycles. The number of aromatic nitrogens is 1. The van der Waals surface area contributed by atoms with E-state index in [1.54, 1.807) is 7.11 Å². The number of halogens is 1. The fourth-order valence-electron chi connectivity index (χ4n) is 2.23. The Morgan fingerprint density at radius 2 is 1.88 bits per heavy atom. The molecule has 6 heteroatoms. The van der Waals surface area contributed by atoms with Gasteiger partial charge in [0.1, 0.15) is 17.1 Å². The lowest BCUT2D eigenvalue weighted by Crippen LogP contribution is -2.22. The van der Waals surface area contributed by atoms with Gasteiger partial charge in [0.2, 0.25) is 0 Å². The molecule has 1 heterocycles. The third-order valence-electron chi connectivity index (χ3n) is 3.53. The van der Waals surface area contributed by atoms with Crippen LogP contribution in [0, 0.1) is 5.82 Å². The van der Waals surface area contributed by atoms with E-state index in [0.29, 0.717) is 23.4 Å². The molecule has 0 fully saturated rings. The Balaban J connectivity index is 1.71. The van der Waals surface area contributed by atoms with Crippen molar-refractivity contribution >= 4 is 5.91 Å². The predicted molar refractivity (Wildman–Crippen MR) is 86.1 cm³/mol. The Hall–Kier alpha value is -3.15. The predicted octanol–water partition coefficient (Wildman–Crippen LogP) is 3.42. The Bertz CT molecular complexity index is 826. The van der Waals surface area contributed by atoms with Crippen LogP contribution in [0.25, 0.3) is 11.3 Å². The number of ether oxygens (including phenoxy) is 1. The van der Waals surface area contributed by atoms with Crippen LogP contribution in [0.3, 0.4) is 0 Å². The molecule has 0 saturated carbocycles. The van der Waals surface area contributed by atoms with Crippen LogP contribution in [0.5, 0.6) is 5.75 Å². The number of nitrogens with zero attached hydrogens (tertiary/aromatic N) is 1. The average Bonchev–Trinajstić information content (AvgIpc) is 3.10. The van der Waals surface area contributed by atoms with Gasteiger partial charge in [-0.05, 0) is 42.0 Å². The van der Waals surface area contributed by atoms with Crippen LogP contribution >= 0.6 is 0 Å². The number of methoxy groups -OCH3 is 1. The van der Waals surface area contributed by atoms with Crippen molar-refractivity contribution in [1.82, 2.24) is 10.5 Å². The van der Waals surface area contributed by atoms with E-state index in [4.69, 9.17) is 9.26 Å². The molecule has 0 atom stereocenters. The second kappa shape index (κ2) is 6.95. The Morgan fingerprint density at radius 3 is 2.54 bits per heavy atom. The third-order valence-corrected chi connectivity index (χ3v) is 3.53. The van der Waals surface area contributed by atoms with E-state index in [1.165, 1.54) is 30.5 Å². The second-order valence-electron chi connectivity index (χ2n) is 5.11. The van der Waals surface area contributed by atoms with E-state index < -0.39 is 0 Å². The van der Waals surface area contributed by atoms with Gasteiger partial charge >= 0.3 is 0 Å². The zero-order valence-electron chi connectivity index (χ0n) is 13.0. The van der Waals surface area contributed by atoms with Crippen LogP contribution in [0.4, 0.5) is 4.39 Å². The van der Waals surface area contributed by atoms with Crippen molar-refractivity contribution in [3.05, 3.63) is 71.7 Å². The molecule has 0 saturated heterocycles. The summed E-state index contributed by atoms with van der Waals surface area (Å²) < 4.78 is 23.3. The molecule has 3 aromatic rings. The molecule has 0 bridgehead atoms. The summed E-state index contributed by atoms with van der Waals surface area (Å²) in [7, 11) is 1.60. The lowest BCUT2D eigenvalue weighted by atomic mass is 10.1. The number of nitrogens with one attached hydrogen (secondary N) is 1. The third kappa shape index (κ3) is 3.43. The Labute approximate surface area is 138 Å². The van der Waals surface area contributed by atoms with Crippen LogP contribution in [-0.2, 0) is 6.54 Å². The fourth-order valence-corrected chi connectivity index (χ4v) is 2.23. The molecule has 1 aromatic heterocycles. The van der Waals surface area contributed by atoms with Gasteiger partial charge in [-0.1, -0.05) is 17.3 Å². The van der Waals surface area contributed by atoms with Crippen molar-refractivity contribution in [1.29, 1.82) is 0 Å². The molecular weight excluding hydrogens is 311 g/mol. The van der Waals surface area contributed by atoms with E-state index in [2.05, 4.69) is 10.5 Å². The number of benzene rings is 2. The molecular formula is C18H15FN2O3. The van der Waals surface area contributed by atoms with E-state index in [-0.39, 0.29) is 11.7 Å². The monoisotopic (exact) mass is 326 g/mol. The summed E-state index contributed by atoms with van der Waals surface area (Å²) in [4.78, 5) is 12.4. The van der Waals surface area contributed by atoms with E-state index in [0.717, 1.165) is 11.3 Å². The maximum absolute atomic E-state index is 13.0. The molecule has 3 rings (SSSR count). The first-order valence-corrected chi connectivity index (χ1v) is 7.29. The highest BCUT2D eigenvalue weighted by molar-refractivity contribution is 5.99. The summed E-state index contributed by atoms with van der Waals surface area (Å²) >= 11 is 0. The van der Waals surface area contributed by atoms with Crippen molar-refractivity contribution in [3.8, 4) is 17.1 Å². The first-order chi connectivity index (χ1) is 11.7. The summed E-state index contributed by atoms with van der Waals surface area (Å²) in [6.45, 7) is 0.358. The van der Waals surface area contributed by atoms with Crippen LogP contribution in [0.1, 0.15) is 15.9 Å². The number of carbonyl (C=O) groups is 1. The van der Waals surface area contributed by atoms with Crippen LogP contribution < -0.4 is 10.1 Å². The van der Waals surface area contributed by atoms with Crippen molar-refractivity contribution in [2.45, 2.75) is 6.54 Å². The van der Waals surface area contributed by atoms with Crippen molar-refractivity contribution in [2.75, 3.05) is 7.11 Å². The van der Waals surface area contributed by atoms with E-state index in [1.807, 2.05) is 24.3 Å². The minimum absolute atomic E-state index is 0.301. The van der Waals surface area contributed by atoms with Gasteiger partial charge in [-0.25, -0.2) is 4.39 Å². The standard InChI is InChI=1S/C18H15FN2O3/c1-23-15-8-2-12(3-9-15)10-20-18(22)16-11-21-24-17(16)13-4-6-14(19)7-5-13/h2-9,11H,10H2,1H3,(H,20,22). The van der Waals surface area contributed by atoms with Gasteiger partial charge in [0, 0.05) is 12.1 Å².